The molecule has 0 spiro atoms. The Labute approximate surface area is 298 Å². The summed E-state index contributed by atoms with van der Waals surface area (Å²) in [6.45, 7) is 0. The molecule has 0 radical (unpaired) electrons. The van der Waals surface area contributed by atoms with E-state index in [0.717, 1.165) is 0 Å². The lowest BCUT2D eigenvalue weighted by molar-refractivity contribution is 1.82. The van der Waals surface area contributed by atoms with Crippen LogP contribution in [-0.4, -0.2) is 0 Å². The molecule has 3 heterocycles. The van der Waals surface area contributed by atoms with Gasteiger partial charge >= 0.3 is 0 Å². The molecule has 51 heavy (non-hydrogen) atoms. The second-order valence-corrected chi connectivity index (χ2v) is 17.6. The summed E-state index contributed by atoms with van der Waals surface area (Å²) < 4.78 is 4.34. The maximum atomic E-state index is 2.52. The van der Waals surface area contributed by atoms with Crippen LogP contribution in [0.2, 0.25) is 0 Å². The molecular weight excluding hydrogens is 673 g/mol. The molecule has 0 N–H and O–H groups in total. The van der Waals surface area contributed by atoms with E-state index in [2.05, 4.69) is 107 Å². The van der Waals surface area contributed by atoms with Gasteiger partial charge in [-0.15, -0.1) is 34.0 Å². The van der Waals surface area contributed by atoms with Crippen molar-refractivity contribution >= 4 is 194 Å². The van der Waals surface area contributed by atoms with Crippen molar-refractivity contribution in [2.24, 2.45) is 0 Å². The Bertz CT molecular complexity index is 3740. The van der Waals surface area contributed by atoms with Crippen molar-refractivity contribution in [2.45, 2.75) is 0 Å². The standard InChI is InChI=1S/C48H18S3/c1-4-10-22-19(7-1)13-25-28-16-50-47-35-23-11-5-2-9-21(23)15-27-30-18-51-48-36-24-12-6-3-8-20(24)14-26-29-17-49-46-34(22)31(25)40-43(37(28)47)41(33(27)35)45(39(30)48)42(32(26)36)44(40)38(29)46/h1-18H. The average molecular weight is 691 g/mol. The number of hydrogen-bond donors (Lipinski definition) is 0. The molecule has 0 unspecified atom stereocenters. The maximum Gasteiger partial charge on any atom is 0.0440 e. The predicted molar refractivity (Wildman–Crippen MR) is 230 cm³/mol. The highest BCUT2D eigenvalue weighted by atomic mass is 32.1. The number of rotatable bonds is 0. The zero-order valence-corrected chi connectivity index (χ0v) is 29.1. The number of thiophene rings is 3. The average Bonchev–Trinajstić information content (AvgIpc) is 3.94. The molecule has 16 rings (SSSR count). The summed E-state index contributed by atoms with van der Waals surface area (Å²) >= 11 is 5.90. The largest absolute Gasteiger partial charge is 0.142 e. The van der Waals surface area contributed by atoms with Gasteiger partial charge in [0.15, 0.2) is 0 Å². The molecule has 0 aliphatic heterocycles. The molecule has 0 aliphatic rings. The van der Waals surface area contributed by atoms with Crippen molar-refractivity contribution in [1.29, 1.82) is 0 Å². The summed E-state index contributed by atoms with van der Waals surface area (Å²) in [5.74, 6) is 0. The molecule has 3 heteroatoms. The van der Waals surface area contributed by atoms with Crippen molar-refractivity contribution in [1.82, 2.24) is 0 Å². The molecular formula is C48H18S3. The Hall–Kier alpha value is -5.58. The summed E-state index contributed by atoms with van der Waals surface area (Å²) in [5, 5.41) is 46.3. The lowest BCUT2D eigenvalue weighted by Gasteiger charge is -2.27. The molecule has 0 fully saturated rings. The highest BCUT2D eigenvalue weighted by Crippen LogP contribution is 2.63. The van der Waals surface area contributed by atoms with Gasteiger partial charge in [-0.1, -0.05) is 72.8 Å². The van der Waals surface area contributed by atoms with E-state index in [1.54, 1.807) is 0 Å². The van der Waals surface area contributed by atoms with E-state index in [9.17, 15) is 0 Å². The van der Waals surface area contributed by atoms with Crippen LogP contribution in [0.15, 0.2) is 107 Å². The van der Waals surface area contributed by atoms with Gasteiger partial charge in [-0.2, -0.15) is 0 Å². The molecule has 16 aromatic rings. The van der Waals surface area contributed by atoms with E-state index < -0.39 is 0 Å². The van der Waals surface area contributed by atoms with Gasteiger partial charge in [-0.3, -0.25) is 0 Å². The van der Waals surface area contributed by atoms with Gasteiger partial charge in [-0.05, 0) is 82.8 Å². The van der Waals surface area contributed by atoms with Gasteiger partial charge in [0, 0.05) is 111 Å². The Balaban J connectivity index is 1.44. The van der Waals surface area contributed by atoms with Crippen LogP contribution in [0.3, 0.4) is 0 Å². The van der Waals surface area contributed by atoms with Crippen LogP contribution in [-0.2, 0) is 0 Å². The second-order valence-electron chi connectivity index (χ2n) is 15.0. The summed E-state index contributed by atoms with van der Waals surface area (Å²) in [7, 11) is 0. The lowest BCUT2D eigenvalue weighted by atomic mass is 9.75. The molecule has 0 atom stereocenters. The monoisotopic (exact) mass is 690 g/mol. The summed E-state index contributed by atoms with van der Waals surface area (Å²) in [5.41, 5.74) is 0. The summed E-state index contributed by atoms with van der Waals surface area (Å²) in [6.07, 6.45) is 0. The van der Waals surface area contributed by atoms with Crippen molar-refractivity contribution in [3.63, 3.8) is 0 Å². The lowest BCUT2D eigenvalue weighted by Crippen LogP contribution is -1.98. The molecule has 0 nitrogen and oxygen atoms in total. The Kier molecular flexibility index (Phi) is 3.63. The third-order valence-corrected chi connectivity index (χ3v) is 16.1. The van der Waals surface area contributed by atoms with E-state index >= 15 is 0 Å². The second kappa shape index (κ2) is 7.54. The first kappa shape index (κ1) is 24.5. The van der Waals surface area contributed by atoms with Gasteiger partial charge in [0.1, 0.15) is 0 Å². The molecule has 0 saturated heterocycles. The van der Waals surface area contributed by atoms with Crippen LogP contribution in [0.1, 0.15) is 0 Å². The number of fused-ring (bicyclic) bond motifs is 12. The van der Waals surface area contributed by atoms with Gasteiger partial charge in [0.2, 0.25) is 0 Å². The summed E-state index contributed by atoms with van der Waals surface area (Å²) in [6, 6.07) is 35.0. The van der Waals surface area contributed by atoms with Crippen LogP contribution in [0.25, 0.3) is 160 Å². The Morgan fingerprint density at radius 2 is 0.510 bits per heavy atom. The smallest absolute Gasteiger partial charge is 0.0440 e. The zero-order valence-electron chi connectivity index (χ0n) is 26.6. The van der Waals surface area contributed by atoms with Crippen molar-refractivity contribution < 1.29 is 0 Å². The minimum absolute atomic E-state index is 1.33. The normalized spacial score (nSPS) is 13.9. The minimum Gasteiger partial charge on any atom is -0.142 e. The maximum absolute atomic E-state index is 2.52. The van der Waals surface area contributed by atoms with Gasteiger partial charge in [0.25, 0.3) is 0 Å². The van der Waals surface area contributed by atoms with Crippen molar-refractivity contribution in [3.05, 3.63) is 107 Å². The fourth-order valence-corrected chi connectivity index (χ4v) is 14.8. The van der Waals surface area contributed by atoms with E-state index in [0.29, 0.717) is 0 Å². The molecule has 0 amide bonds. The highest BCUT2D eigenvalue weighted by molar-refractivity contribution is 7.21. The quantitative estimate of drug-likeness (QED) is 0.110. The third-order valence-electron chi connectivity index (χ3n) is 13.1. The third kappa shape index (κ3) is 2.30. The fourth-order valence-electron chi connectivity index (χ4n) is 11.4. The van der Waals surface area contributed by atoms with Crippen LogP contribution >= 0.6 is 34.0 Å². The van der Waals surface area contributed by atoms with Crippen LogP contribution in [0, 0.1) is 0 Å². The minimum atomic E-state index is 1.33. The molecule has 3 aromatic heterocycles. The Morgan fingerprint density at radius 3 is 0.843 bits per heavy atom. The van der Waals surface area contributed by atoms with Gasteiger partial charge < -0.3 is 0 Å². The van der Waals surface area contributed by atoms with Gasteiger partial charge in [-0.25, -0.2) is 0 Å². The van der Waals surface area contributed by atoms with Crippen molar-refractivity contribution in [2.75, 3.05) is 0 Å². The van der Waals surface area contributed by atoms with Crippen LogP contribution in [0.5, 0.6) is 0 Å². The van der Waals surface area contributed by atoms with E-state index in [1.165, 1.54) is 160 Å². The first-order valence-corrected chi connectivity index (χ1v) is 20.3. The predicted octanol–water partition coefficient (Wildman–Crippen LogP) is 15.8. The number of benzene rings is 13. The molecule has 0 saturated carbocycles. The Morgan fingerprint density at radius 1 is 0.235 bits per heavy atom. The highest BCUT2D eigenvalue weighted by Gasteiger charge is 2.33. The first-order valence-electron chi connectivity index (χ1n) is 17.6. The molecule has 0 aliphatic carbocycles. The van der Waals surface area contributed by atoms with Crippen molar-refractivity contribution in [3.8, 4) is 0 Å². The van der Waals surface area contributed by atoms with Crippen LogP contribution in [0.4, 0.5) is 0 Å². The fraction of sp³-hybridized carbons (Fsp3) is 0. The summed E-state index contributed by atoms with van der Waals surface area (Å²) in [4.78, 5) is 0. The number of hydrogen-bond acceptors (Lipinski definition) is 3. The van der Waals surface area contributed by atoms with E-state index in [4.69, 9.17) is 0 Å². The SMILES string of the molecule is c1ccc2c(c1)cc1c3csc4c5c6ccccc6cc6c7csc8c9c%10ccccc%10cc%10c%11csc%12c2c1c1c(c34)c(c65)c(c78)c(c%109)c1c%11%12. The topological polar surface area (TPSA) is 0 Å². The van der Waals surface area contributed by atoms with E-state index in [-0.39, 0.29) is 0 Å². The van der Waals surface area contributed by atoms with E-state index in [1.807, 2.05) is 34.0 Å². The van der Waals surface area contributed by atoms with Crippen LogP contribution < -0.4 is 0 Å². The van der Waals surface area contributed by atoms with Gasteiger partial charge in [0.05, 0.1) is 0 Å². The molecule has 0 bridgehead atoms. The first-order chi connectivity index (χ1) is 25.3. The molecule has 13 aromatic carbocycles. The zero-order chi connectivity index (χ0) is 32.2. The molecule has 228 valence electrons.